The number of halogens is 2. The van der Waals surface area contributed by atoms with Gasteiger partial charge in [0.1, 0.15) is 0 Å². The summed E-state index contributed by atoms with van der Waals surface area (Å²) in [5.41, 5.74) is 7.22. The van der Waals surface area contributed by atoms with E-state index < -0.39 is 0 Å². The molecule has 53 valence electrons. The molecule has 0 aliphatic heterocycles. The molecule has 0 aromatic heterocycles. The summed E-state index contributed by atoms with van der Waals surface area (Å²) in [5.74, 6) is 0. The van der Waals surface area contributed by atoms with Crippen LogP contribution in [0.1, 0.15) is 0 Å². The third kappa shape index (κ3) is 1.40. The second-order valence-electron chi connectivity index (χ2n) is 1.81. The molecule has 0 heterocycles. The van der Waals surface area contributed by atoms with E-state index in [2.05, 4.69) is 0 Å². The van der Waals surface area contributed by atoms with Crippen LogP contribution in [0, 0.1) is 11.5 Å². The first-order valence-electron chi connectivity index (χ1n) is 2.53. The van der Waals surface area contributed by atoms with Crippen molar-refractivity contribution in [2.24, 2.45) is 0 Å². The summed E-state index contributed by atoms with van der Waals surface area (Å²) in [4.78, 5) is 0. The fraction of sp³-hybridized carbons (Fsp3) is 0. The summed E-state index contributed by atoms with van der Waals surface area (Å²) in [6.07, 6.45) is 2.71. The van der Waals surface area contributed by atoms with Crippen LogP contribution in [0.4, 0.5) is 0 Å². The molecule has 10 heavy (non-hydrogen) atoms. The van der Waals surface area contributed by atoms with Gasteiger partial charge in [-0.3, -0.25) is 0 Å². The highest BCUT2D eigenvalue weighted by atomic mass is 35.5. The molecule has 1 rings (SSSR count). The van der Waals surface area contributed by atoms with E-state index in [1.54, 1.807) is 0 Å². The highest BCUT2D eigenvalue weighted by Gasteiger charge is 2.08. The molecular formula is C6H4Cl2N2-. The first kappa shape index (κ1) is 7.79. The van der Waals surface area contributed by atoms with E-state index in [0.717, 1.165) is 0 Å². The van der Waals surface area contributed by atoms with Crippen molar-refractivity contribution in [1.29, 1.82) is 5.41 Å². The Bertz CT molecular complexity index is 230. The Morgan fingerprint density at radius 3 is 2.20 bits per heavy atom. The molecule has 4 heteroatoms. The van der Waals surface area contributed by atoms with Crippen molar-refractivity contribution in [1.82, 2.24) is 0 Å². The van der Waals surface area contributed by atoms with Crippen molar-refractivity contribution < 1.29 is 0 Å². The first-order valence-corrected chi connectivity index (χ1v) is 3.29. The van der Waals surface area contributed by atoms with E-state index in [0.29, 0.717) is 10.1 Å². The summed E-state index contributed by atoms with van der Waals surface area (Å²) in [6, 6.07) is 0.0920. The molecule has 0 aromatic rings. The van der Waals surface area contributed by atoms with Gasteiger partial charge in [0.15, 0.2) is 0 Å². The molecule has 0 unspecified atom stereocenters. The van der Waals surface area contributed by atoms with Crippen molar-refractivity contribution in [3.8, 4) is 0 Å². The van der Waals surface area contributed by atoms with Crippen LogP contribution in [0.5, 0.6) is 0 Å². The second kappa shape index (κ2) is 2.74. The van der Waals surface area contributed by atoms with Crippen molar-refractivity contribution in [2.45, 2.75) is 0 Å². The van der Waals surface area contributed by atoms with Crippen LogP contribution in [0.15, 0.2) is 22.2 Å². The Morgan fingerprint density at radius 2 is 1.70 bits per heavy atom. The molecule has 1 aliphatic rings. The fourth-order valence-corrected chi connectivity index (χ4v) is 0.874. The zero-order chi connectivity index (χ0) is 7.72. The lowest BCUT2D eigenvalue weighted by atomic mass is 10.1. The highest BCUT2D eigenvalue weighted by Crippen LogP contribution is 2.27. The van der Waals surface area contributed by atoms with Crippen LogP contribution >= 0.6 is 23.2 Å². The average Bonchev–Trinajstić information content (AvgIpc) is 1.84. The summed E-state index contributed by atoms with van der Waals surface area (Å²) in [5, 5.41) is 7.77. The fourth-order valence-electron chi connectivity index (χ4n) is 0.547. The Labute approximate surface area is 68.8 Å². The van der Waals surface area contributed by atoms with E-state index >= 15 is 0 Å². The molecule has 1 aliphatic carbocycles. The Kier molecular flexibility index (Phi) is 2.14. The Hall–Kier alpha value is -0.310. The van der Waals surface area contributed by atoms with Crippen molar-refractivity contribution in [3.05, 3.63) is 34.0 Å². The Balaban J connectivity index is 2.94. The van der Waals surface area contributed by atoms with Gasteiger partial charge in [-0.25, -0.2) is 0 Å². The molecule has 0 aromatic carbocycles. The number of hydrogen-bond donors (Lipinski definition) is 1. The Morgan fingerprint density at radius 1 is 1.20 bits per heavy atom. The zero-order valence-corrected chi connectivity index (χ0v) is 6.42. The summed E-state index contributed by atoms with van der Waals surface area (Å²) in [7, 11) is 0. The third-order valence-electron chi connectivity index (χ3n) is 1.06. The van der Waals surface area contributed by atoms with Crippen LogP contribution in [0.25, 0.3) is 5.73 Å². The second-order valence-corrected chi connectivity index (χ2v) is 2.63. The predicted molar refractivity (Wildman–Crippen MR) is 43.2 cm³/mol. The standard InChI is InChI=1S/C6H4Cl2N2/c7-3-1-5(9)6(10)2-4(3)8/h1-2,9-10H/q-1. The van der Waals surface area contributed by atoms with Crippen LogP contribution in [0.2, 0.25) is 0 Å². The maximum Gasteiger partial charge on any atom is 0.0606 e. The SMILES string of the molecule is N=C1C=C(Cl)C(Cl)=C[C]1[NH-]. The van der Waals surface area contributed by atoms with Gasteiger partial charge in [0.2, 0.25) is 0 Å². The molecule has 2 nitrogen and oxygen atoms in total. The minimum absolute atomic E-state index is 0.0920. The molecule has 0 amide bonds. The van der Waals surface area contributed by atoms with Crippen LogP contribution in [0.3, 0.4) is 0 Å². The van der Waals surface area contributed by atoms with E-state index in [1.807, 2.05) is 0 Å². The minimum Gasteiger partial charge on any atom is -0.664 e. The van der Waals surface area contributed by atoms with Gasteiger partial charge in [0, 0.05) is 5.71 Å². The predicted octanol–water partition coefficient (Wildman–Crippen LogP) is 2.85. The van der Waals surface area contributed by atoms with Gasteiger partial charge >= 0.3 is 0 Å². The van der Waals surface area contributed by atoms with Crippen molar-refractivity contribution >= 4 is 28.9 Å². The lowest BCUT2D eigenvalue weighted by Gasteiger charge is -2.18. The lowest BCUT2D eigenvalue weighted by molar-refractivity contribution is 1.41. The molecule has 1 radical (unpaired) electrons. The lowest BCUT2D eigenvalue weighted by Crippen LogP contribution is -2.05. The average molecular weight is 175 g/mol. The van der Waals surface area contributed by atoms with Gasteiger partial charge in [-0.1, -0.05) is 35.3 Å². The van der Waals surface area contributed by atoms with Crippen LogP contribution < -0.4 is 0 Å². The molecular weight excluding hydrogens is 171 g/mol. The van der Waals surface area contributed by atoms with Crippen LogP contribution in [-0.2, 0) is 0 Å². The third-order valence-corrected chi connectivity index (χ3v) is 1.78. The number of nitrogens with one attached hydrogen (secondary N) is 2. The maximum atomic E-state index is 7.13. The summed E-state index contributed by atoms with van der Waals surface area (Å²) < 4.78 is 0. The normalized spacial score (nSPS) is 20.5. The molecule has 0 saturated heterocycles. The first-order chi connectivity index (χ1) is 4.61. The monoisotopic (exact) mass is 174 g/mol. The molecule has 0 saturated carbocycles. The van der Waals surface area contributed by atoms with E-state index in [1.165, 1.54) is 12.2 Å². The smallest absolute Gasteiger partial charge is 0.0606 e. The van der Waals surface area contributed by atoms with Crippen LogP contribution in [-0.4, -0.2) is 5.71 Å². The molecule has 0 fully saturated rings. The number of allylic oxidation sites excluding steroid dienone is 2. The molecule has 0 spiro atoms. The van der Waals surface area contributed by atoms with E-state index in [9.17, 15) is 0 Å². The zero-order valence-electron chi connectivity index (χ0n) is 4.91. The van der Waals surface area contributed by atoms with Gasteiger partial charge in [-0.15, -0.1) is 0 Å². The minimum atomic E-state index is 0.0920. The highest BCUT2D eigenvalue weighted by molar-refractivity contribution is 6.46. The van der Waals surface area contributed by atoms with E-state index in [-0.39, 0.29) is 11.8 Å². The molecule has 0 atom stereocenters. The van der Waals surface area contributed by atoms with Gasteiger partial charge in [0.05, 0.1) is 10.1 Å². The number of hydrogen-bond acceptors (Lipinski definition) is 1. The largest absolute Gasteiger partial charge is 0.664 e. The maximum absolute atomic E-state index is 7.13. The summed E-state index contributed by atoms with van der Waals surface area (Å²) in [6.45, 7) is 0. The molecule has 0 bridgehead atoms. The van der Waals surface area contributed by atoms with Gasteiger partial charge < -0.3 is 11.1 Å². The topological polar surface area (TPSA) is 47.7 Å². The quantitative estimate of drug-likeness (QED) is 0.588. The van der Waals surface area contributed by atoms with Crippen molar-refractivity contribution in [2.75, 3.05) is 0 Å². The van der Waals surface area contributed by atoms with E-state index in [4.69, 9.17) is 34.3 Å². The van der Waals surface area contributed by atoms with Crippen molar-refractivity contribution in [3.63, 3.8) is 0 Å². The van der Waals surface area contributed by atoms with Gasteiger partial charge in [0.25, 0.3) is 0 Å². The number of rotatable bonds is 0. The molecule has 2 N–H and O–H groups in total. The van der Waals surface area contributed by atoms with Gasteiger partial charge in [-0.05, 0) is 6.08 Å². The van der Waals surface area contributed by atoms with Gasteiger partial charge in [-0.2, -0.15) is 0 Å². The summed E-state index contributed by atoms with van der Waals surface area (Å²) >= 11 is 11.1.